The Bertz CT molecular complexity index is 997. The van der Waals surface area contributed by atoms with E-state index in [9.17, 15) is 35.2 Å². The van der Waals surface area contributed by atoms with Crippen LogP contribution in [0.25, 0.3) is 0 Å². The number of aliphatic hydroxyl groups excluding tert-OH is 2. The van der Waals surface area contributed by atoms with E-state index >= 15 is 4.39 Å². The van der Waals surface area contributed by atoms with Crippen molar-refractivity contribution in [3.8, 4) is 0 Å². The van der Waals surface area contributed by atoms with Crippen LogP contribution in [0.3, 0.4) is 0 Å². The second kappa shape index (κ2) is 16.9. The molecule has 40 heavy (non-hydrogen) atoms. The van der Waals surface area contributed by atoms with Crippen LogP contribution >= 0.6 is 11.6 Å². The van der Waals surface area contributed by atoms with Gasteiger partial charge in [-0.05, 0) is 12.8 Å². The predicted octanol–water partition coefficient (Wildman–Crippen LogP) is 3.48. The van der Waals surface area contributed by atoms with Gasteiger partial charge in [0.2, 0.25) is 5.72 Å². The molecule has 1 aromatic heterocycles. The molecule has 1 aromatic rings. The second-order valence-corrected chi connectivity index (χ2v) is 11.1. The standard InChI is InChI=1S/C27H47ClFN3O8/c1-2-3-4-5-6-7-8-9-10-11-12-13-14-15-16-17-22(29)32(39)26(37)23(34)21(19-33)40-27(26,38)31-18-20(28)24(35)30-25(31)36/h18,21-23,33-34,37-39H,2-17,19H2,1H3,(H,30,35,36)/t21-,22?,23-,26-,27+/m1/s1. The molecule has 0 spiro atoms. The number of H-pyrrole nitrogens is 1. The highest BCUT2D eigenvalue weighted by Gasteiger charge is 2.71. The Hall–Kier alpha value is -1.38. The fourth-order valence-electron chi connectivity index (χ4n) is 5.16. The van der Waals surface area contributed by atoms with Crippen LogP contribution in [0.4, 0.5) is 4.39 Å². The molecule has 11 nitrogen and oxygen atoms in total. The van der Waals surface area contributed by atoms with Crippen molar-refractivity contribution in [2.75, 3.05) is 6.61 Å². The lowest BCUT2D eigenvalue weighted by atomic mass is 9.99. The van der Waals surface area contributed by atoms with E-state index in [-0.39, 0.29) is 16.1 Å². The van der Waals surface area contributed by atoms with Crippen LogP contribution in [0, 0.1) is 0 Å². The smallest absolute Gasteiger partial charge is 0.332 e. The van der Waals surface area contributed by atoms with E-state index < -0.39 is 53.0 Å². The van der Waals surface area contributed by atoms with Crippen LogP contribution in [0.1, 0.15) is 110 Å². The molecule has 1 fully saturated rings. The first kappa shape index (κ1) is 34.8. The highest BCUT2D eigenvalue weighted by Crippen LogP contribution is 2.44. The van der Waals surface area contributed by atoms with Gasteiger partial charge in [-0.2, -0.15) is 0 Å². The van der Waals surface area contributed by atoms with Crippen LogP contribution in [-0.4, -0.2) is 71.1 Å². The summed E-state index contributed by atoms with van der Waals surface area (Å²) in [5, 5.41) is 52.1. The summed E-state index contributed by atoms with van der Waals surface area (Å²) in [6.07, 6.45) is 10.9. The lowest BCUT2D eigenvalue weighted by molar-refractivity contribution is -0.428. The molecule has 1 unspecified atom stereocenters. The van der Waals surface area contributed by atoms with Gasteiger partial charge in [-0.3, -0.25) is 9.78 Å². The van der Waals surface area contributed by atoms with E-state index in [1.165, 1.54) is 57.8 Å². The predicted molar refractivity (Wildman–Crippen MR) is 148 cm³/mol. The summed E-state index contributed by atoms with van der Waals surface area (Å²) >= 11 is 5.73. The van der Waals surface area contributed by atoms with E-state index in [1.54, 1.807) is 4.98 Å². The van der Waals surface area contributed by atoms with Crippen molar-refractivity contribution in [2.24, 2.45) is 0 Å². The minimum Gasteiger partial charge on any atom is -0.394 e. The molecule has 0 radical (unpaired) electrons. The number of rotatable bonds is 20. The Morgan fingerprint density at radius 1 is 1.00 bits per heavy atom. The van der Waals surface area contributed by atoms with Crippen molar-refractivity contribution >= 4 is 11.6 Å². The molecule has 0 aliphatic carbocycles. The van der Waals surface area contributed by atoms with Crippen LogP contribution < -0.4 is 11.2 Å². The molecule has 0 bridgehead atoms. The zero-order valence-corrected chi connectivity index (χ0v) is 24.2. The molecule has 0 amide bonds. The zero-order valence-electron chi connectivity index (χ0n) is 23.4. The largest absolute Gasteiger partial charge is 0.394 e. The highest BCUT2D eigenvalue weighted by molar-refractivity contribution is 6.30. The molecule has 1 saturated heterocycles. The molecule has 2 heterocycles. The van der Waals surface area contributed by atoms with Crippen molar-refractivity contribution in [1.82, 2.24) is 14.6 Å². The van der Waals surface area contributed by atoms with Gasteiger partial charge < -0.3 is 30.4 Å². The number of aliphatic hydroxyl groups is 4. The average molecular weight is 596 g/mol. The van der Waals surface area contributed by atoms with Crippen LogP contribution in [0.5, 0.6) is 0 Å². The molecule has 232 valence electrons. The first-order valence-electron chi connectivity index (χ1n) is 14.6. The molecule has 1 aliphatic rings. The lowest BCUT2D eigenvalue weighted by Crippen LogP contribution is -2.69. The maximum absolute atomic E-state index is 15.1. The number of aromatic nitrogens is 2. The Morgan fingerprint density at radius 3 is 1.95 bits per heavy atom. The number of aromatic amines is 1. The molecular weight excluding hydrogens is 549 g/mol. The minimum atomic E-state index is -3.35. The minimum absolute atomic E-state index is 0.208. The molecule has 0 saturated carbocycles. The number of nitrogens with zero attached hydrogens (tertiary/aromatic N) is 2. The van der Waals surface area contributed by atoms with Crippen molar-refractivity contribution in [2.45, 2.75) is 140 Å². The molecule has 1 aliphatic heterocycles. The molecule has 5 atom stereocenters. The van der Waals surface area contributed by atoms with Crippen LogP contribution in [-0.2, 0) is 10.6 Å². The normalized spacial score (nSPS) is 25.6. The van der Waals surface area contributed by atoms with Crippen molar-refractivity contribution in [3.63, 3.8) is 0 Å². The summed E-state index contributed by atoms with van der Waals surface area (Å²) in [6, 6.07) is 0. The third-order valence-corrected chi connectivity index (χ3v) is 7.89. The number of unbranched alkanes of at least 4 members (excludes halogenated alkanes) is 14. The van der Waals surface area contributed by atoms with E-state index in [4.69, 9.17) is 16.3 Å². The quantitative estimate of drug-likeness (QED) is 0.0572. The number of nitrogens with one attached hydrogen (secondary N) is 1. The fraction of sp³-hybridized carbons (Fsp3) is 0.852. The Morgan fingerprint density at radius 2 is 1.48 bits per heavy atom. The third-order valence-electron chi connectivity index (χ3n) is 7.63. The Balaban J connectivity index is 1.81. The van der Waals surface area contributed by atoms with Gasteiger partial charge in [-0.1, -0.05) is 108 Å². The SMILES string of the molecule is CCCCCCCCCCCCCCCCCC(F)N(O)[C@@]1(O)[C@H](O)[C@@H](CO)O[C@]1(O)n1cc(Cl)c(=O)[nH]c1=O. The summed E-state index contributed by atoms with van der Waals surface area (Å²) in [5.74, 6) is -3.32. The Kier molecular flexibility index (Phi) is 14.7. The summed E-state index contributed by atoms with van der Waals surface area (Å²) in [7, 11) is 0. The van der Waals surface area contributed by atoms with E-state index in [0.717, 1.165) is 25.7 Å². The molecule has 2 rings (SSSR count). The number of alkyl halides is 1. The number of hydrogen-bond donors (Lipinski definition) is 6. The van der Waals surface area contributed by atoms with Gasteiger partial charge >= 0.3 is 11.6 Å². The monoisotopic (exact) mass is 595 g/mol. The van der Waals surface area contributed by atoms with Crippen molar-refractivity contribution < 1.29 is 34.8 Å². The summed E-state index contributed by atoms with van der Waals surface area (Å²) in [5.41, 5.74) is -5.68. The number of ether oxygens (including phenoxy) is 1. The van der Waals surface area contributed by atoms with Gasteiger partial charge in [0.15, 0.2) is 6.30 Å². The lowest BCUT2D eigenvalue weighted by Gasteiger charge is -2.43. The molecular formula is C27H47ClFN3O8. The summed E-state index contributed by atoms with van der Waals surface area (Å²) in [6.45, 7) is 1.27. The third kappa shape index (κ3) is 8.57. The Labute approximate surface area is 239 Å². The maximum Gasteiger partial charge on any atom is 0.332 e. The van der Waals surface area contributed by atoms with Gasteiger partial charge in [-0.25, -0.2) is 13.8 Å². The first-order valence-corrected chi connectivity index (χ1v) is 15.0. The summed E-state index contributed by atoms with van der Waals surface area (Å²) in [4.78, 5) is 25.8. The summed E-state index contributed by atoms with van der Waals surface area (Å²) < 4.78 is 20.4. The number of hydroxylamine groups is 2. The van der Waals surface area contributed by atoms with Gasteiger partial charge in [0.05, 0.1) is 6.61 Å². The van der Waals surface area contributed by atoms with Gasteiger partial charge in [0, 0.05) is 6.20 Å². The fourth-order valence-corrected chi connectivity index (χ4v) is 5.31. The molecule has 6 N–H and O–H groups in total. The van der Waals surface area contributed by atoms with Gasteiger partial charge in [0.1, 0.15) is 17.2 Å². The van der Waals surface area contributed by atoms with Gasteiger partial charge in [0.25, 0.3) is 5.56 Å². The van der Waals surface area contributed by atoms with E-state index in [1.807, 2.05) is 0 Å². The highest BCUT2D eigenvalue weighted by atomic mass is 35.5. The topological polar surface area (TPSA) is 168 Å². The van der Waals surface area contributed by atoms with Crippen LogP contribution in [0.2, 0.25) is 5.02 Å². The van der Waals surface area contributed by atoms with Crippen molar-refractivity contribution in [3.05, 3.63) is 32.1 Å². The maximum atomic E-state index is 15.1. The average Bonchev–Trinajstić information content (AvgIpc) is 3.14. The molecule has 13 heteroatoms. The van der Waals surface area contributed by atoms with E-state index in [2.05, 4.69) is 6.92 Å². The molecule has 0 aromatic carbocycles. The van der Waals surface area contributed by atoms with Gasteiger partial charge in [-0.15, -0.1) is 5.06 Å². The second-order valence-electron chi connectivity index (χ2n) is 10.7. The first-order chi connectivity index (χ1) is 19.0. The zero-order chi connectivity index (χ0) is 29.8. The number of halogens is 2. The van der Waals surface area contributed by atoms with Crippen molar-refractivity contribution in [1.29, 1.82) is 0 Å². The number of hydrogen-bond acceptors (Lipinski definition) is 9. The van der Waals surface area contributed by atoms with E-state index in [0.29, 0.717) is 19.0 Å². The van der Waals surface area contributed by atoms with Crippen LogP contribution in [0.15, 0.2) is 15.8 Å².